The average Bonchev–Trinajstić information content (AvgIpc) is 3.59. The van der Waals surface area contributed by atoms with E-state index >= 15 is 0 Å². The Morgan fingerprint density at radius 3 is 2.71 bits per heavy atom. The number of piperidine rings is 1. The lowest BCUT2D eigenvalue weighted by Gasteiger charge is -2.32. The van der Waals surface area contributed by atoms with Crippen molar-refractivity contribution in [2.24, 2.45) is 4.99 Å². The van der Waals surface area contributed by atoms with Gasteiger partial charge in [0.15, 0.2) is 5.69 Å². The molecule has 11 heteroatoms. The Hall–Kier alpha value is -5.37. The number of aliphatic imine (C=N–C) groups is 1. The predicted octanol–water partition coefficient (Wildman–Crippen LogP) is 4.11. The molecule has 1 amide bonds. The van der Waals surface area contributed by atoms with Gasteiger partial charge in [-0.25, -0.2) is 13.9 Å². The number of carbonyl (C=O) groups is 1. The van der Waals surface area contributed by atoms with Crippen LogP contribution < -0.4 is 5.69 Å². The van der Waals surface area contributed by atoms with E-state index in [1.807, 2.05) is 6.07 Å². The van der Waals surface area contributed by atoms with Gasteiger partial charge in [-0.2, -0.15) is 10.4 Å². The van der Waals surface area contributed by atoms with Gasteiger partial charge in [-0.05, 0) is 61.4 Å². The van der Waals surface area contributed by atoms with Crippen LogP contribution in [0.4, 0.5) is 4.39 Å². The van der Waals surface area contributed by atoms with Gasteiger partial charge in [0.2, 0.25) is 0 Å². The number of likely N-dealkylation sites (tertiary alicyclic amines) is 1. The number of aromatic nitrogens is 5. The molecule has 4 heterocycles. The number of nitrogens with zero attached hydrogens (tertiary/aromatic N) is 7. The second-order valence-corrected chi connectivity index (χ2v) is 9.83. The quantitative estimate of drug-likeness (QED) is 0.331. The number of rotatable bonds is 5. The van der Waals surface area contributed by atoms with E-state index in [2.05, 4.69) is 26.1 Å². The van der Waals surface area contributed by atoms with E-state index in [0.29, 0.717) is 59.5 Å². The molecule has 1 fully saturated rings. The molecule has 1 N–H and O–H groups in total. The van der Waals surface area contributed by atoms with Crippen LogP contribution in [0.3, 0.4) is 0 Å². The molecule has 6 rings (SSSR count). The minimum atomic E-state index is -0.454. The smallest absolute Gasteiger partial charge is 0.326 e. The van der Waals surface area contributed by atoms with Crippen LogP contribution in [0.15, 0.2) is 76.8 Å². The Morgan fingerprint density at radius 1 is 1.17 bits per heavy atom. The van der Waals surface area contributed by atoms with Crippen molar-refractivity contribution in [3.8, 4) is 23.0 Å². The molecule has 0 unspecified atom stereocenters. The largest absolute Gasteiger partial charge is 0.337 e. The summed E-state index contributed by atoms with van der Waals surface area (Å²) in [6.45, 7) is 0.852. The van der Waals surface area contributed by atoms with Gasteiger partial charge in [-0.15, -0.1) is 0 Å². The van der Waals surface area contributed by atoms with Gasteiger partial charge in [0.1, 0.15) is 5.82 Å². The molecule has 10 nitrogen and oxygen atoms in total. The average molecular weight is 549 g/mol. The zero-order chi connectivity index (χ0) is 28.5. The number of pyridine rings is 1. The van der Waals surface area contributed by atoms with Crippen molar-refractivity contribution in [3.05, 3.63) is 100 Å². The number of benzene rings is 2. The number of hydrogen-bond donors (Lipinski definition) is 1. The molecule has 0 radical (unpaired) electrons. The molecule has 41 heavy (non-hydrogen) atoms. The summed E-state index contributed by atoms with van der Waals surface area (Å²) in [4.78, 5) is 39.0. The highest BCUT2D eigenvalue weighted by atomic mass is 19.1. The van der Waals surface area contributed by atoms with Crippen molar-refractivity contribution in [1.82, 2.24) is 29.2 Å². The summed E-state index contributed by atoms with van der Waals surface area (Å²) in [6.07, 6.45) is 5.89. The minimum Gasteiger partial charge on any atom is -0.337 e. The van der Waals surface area contributed by atoms with Crippen molar-refractivity contribution >= 4 is 23.2 Å². The second-order valence-electron chi connectivity index (χ2n) is 9.83. The zero-order valence-electron chi connectivity index (χ0n) is 22.2. The molecule has 1 aliphatic rings. The number of fused-ring (bicyclic) bond motifs is 1. The summed E-state index contributed by atoms with van der Waals surface area (Å²) in [6, 6.07) is 17.1. The fourth-order valence-corrected chi connectivity index (χ4v) is 5.34. The Morgan fingerprint density at radius 2 is 2.00 bits per heavy atom. The van der Waals surface area contributed by atoms with E-state index < -0.39 is 5.82 Å². The first-order chi connectivity index (χ1) is 20.0. The number of carbonyl (C=O) groups excluding carboxylic acids is 1. The number of nitriles is 1. The third-order valence-electron chi connectivity index (χ3n) is 7.35. The monoisotopic (exact) mass is 548 g/mol. The highest BCUT2D eigenvalue weighted by Gasteiger charge is 2.29. The Labute approximate surface area is 234 Å². The van der Waals surface area contributed by atoms with Crippen LogP contribution in [0.2, 0.25) is 0 Å². The second kappa shape index (κ2) is 10.7. The van der Waals surface area contributed by atoms with E-state index in [-0.39, 0.29) is 23.3 Å². The predicted molar refractivity (Wildman–Crippen MR) is 152 cm³/mol. The van der Waals surface area contributed by atoms with Crippen LogP contribution in [0, 0.1) is 17.1 Å². The van der Waals surface area contributed by atoms with Crippen molar-refractivity contribution in [2.75, 3.05) is 20.1 Å². The maximum Gasteiger partial charge on any atom is 0.326 e. The van der Waals surface area contributed by atoms with Crippen LogP contribution in [0.25, 0.3) is 28.0 Å². The number of amides is 1. The highest BCUT2D eigenvalue weighted by molar-refractivity contribution is 5.93. The topological polar surface area (TPSA) is 125 Å². The van der Waals surface area contributed by atoms with E-state index in [1.54, 1.807) is 76.1 Å². The third kappa shape index (κ3) is 4.80. The molecule has 0 aliphatic carbocycles. The van der Waals surface area contributed by atoms with Crippen molar-refractivity contribution in [3.63, 3.8) is 0 Å². The molecule has 0 bridgehead atoms. The number of imidazole rings is 1. The molecule has 1 saturated heterocycles. The standard InChI is InChI=1S/C30H25FN8O2/c1-33-17-20-5-6-23(14-24(20)31)39-27(21-3-2-10-34-18-21)15-26(36-39)29(40)37-11-8-22(9-12-37)38-28-13-19(16-32)4-7-25(28)35-30(38)41/h2-7,10,13-15,17-18,22H,8-9,11-12H2,1H3,(H,35,41)/b33-17+. The molecule has 2 aromatic carbocycles. The molecule has 1 aliphatic heterocycles. The van der Waals surface area contributed by atoms with E-state index in [0.717, 1.165) is 5.56 Å². The van der Waals surface area contributed by atoms with Crippen molar-refractivity contribution in [2.45, 2.75) is 18.9 Å². The van der Waals surface area contributed by atoms with Gasteiger partial charge < -0.3 is 9.88 Å². The fourth-order valence-electron chi connectivity index (χ4n) is 5.34. The lowest BCUT2D eigenvalue weighted by atomic mass is 10.0. The van der Waals surface area contributed by atoms with E-state index in [1.165, 1.54) is 12.3 Å². The summed E-state index contributed by atoms with van der Waals surface area (Å²) >= 11 is 0. The first kappa shape index (κ1) is 25.9. The van der Waals surface area contributed by atoms with Gasteiger partial charge in [0, 0.05) is 62.0 Å². The fraction of sp³-hybridized carbons (Fsp3) is 0.200. The zero-order valence-corrected chi connectivity index (χ0v) is 22.2. The number of aromatic amines is 1. The van der Waals surface area contributed by atoms with Crippen LogP contribution in [-0.2, 0) is 0 Å². The van der Waals surface area contributed by atoms with E-state index in [4.69, 9.17) is 0 Å². The number of hydrogen-bond acceptors (Lipinski definition) is 6. The van der Waals surface area contributed by atoms with Gasteiger partial charge in [-0.1, -0.05) is 0 Å². The Bertz CT molecular complexity index is 1890. The molecule has 0 atom stereocenters. The minimum absolute atomic E-state index is 0.120. The van der Waals surface area contributed by atoms with Crippen LogP contribution in [-0.4, -0.2) is 61.5 Å². The molecular formula is C30H25FN8O2. The molecule has 5 aromatic rings. The maximum absolute atomic E-state index is 14.8. The molecule has 204 valence electrons. The first-order valence-corrected chi connectivity index (χ1v) is 13.1. The van der Waals surface area contributed by atoms with Crippen molar-refractivity contribution in [1.29, 1.82) is 5.26 Å². The molecule has 0 saturated carbocycles. The third-order valence-corrected chi connectivity index (χ3v) is 7.35. The first-order valence-electron chi connectivity index (χ1n) is 13.1. The summed E-state index contributed by atoms with van der Waals surface area (Å²) < 4.78 is 18.0. The van der Waals surface area contributed by atoms with Gasteiger partial charge >= 0.3 is 5.69 Å². The number of H-pyrrole nitrogens is 1. The maximum atomic E-state index is 14.8. The Kier molecular flexibility index (Phi) is 6.73. The van der Waals surface area contributed by atoms with Gasteiger partial charge in [-0.3, -0.25) is 19.3 Å². The number of halogens is 1. The summed E-state index contributed by atoms with van der Waals surface area (Å²) in [5.74, 6) is -0.703. The molecule has 0 spiro atoms. The lowest BCUT2D eigenvalue weighted by Crippen LogP contribution is -2.40. The van der Waals surface area contributed by atoms with Crippen LogP contribution in [0.5, 0.6) is 0 Å². The summed E-state index contributed by atoms with van der Waals surface area (Å²) in [5.41, 5.74) is 3.97. The lowest BCUT2D eigenvalue weighted by molar-refractivity contribution is 0.0688. The Balaban J connectivity index is 1.28. The van der Waals surface area contributed by atoms with E-state index in [9.17, 15) is 19.2 Å². The van der Waals surface area contributed by atoms with Gasteiger partial charge in [0.05, 0.1) is 34.0 Å². The number of nitrogens with one attached hydrogen (secondary N) is 1. The normalized spacial score (nSPS) is 14.1. The van der Waals surface area contributed by atoms with Gasteiger partial charge in [0.25, 0.3) is 5.91 Å². The van der Waals surface area contributed by atoms with Crippen LogP contribution in [0.1, 0.15) is 40.5 Å². The van der Waals surface area contributed by atoms with Crippen LogP contribution >= 0.6 is 0 Å². The SMILES string of the molecule is C/N=C/c1ccc(-n2nc(C(=O)N3CCC(n4c(=O)[nH]c5ccc(C#N)cc54)CC3)cc2-c2cccnc2)cc1F. The summed E-state index contributed by atoms with van der Waals surface area (Å²) in [7, 11) is 1.57. The summed E-state index contributed by atoms with van der Waals surface area (Å²) in [5, 5.41) is 13.9. The molecule has 3 aromatic heterocycles. The highest BCUT2D eigenvalue weighted by Crippen LogP contribution is 2.28. The van der Waals surface area contributed by atoms with Crippen molar-refractivity contribution < 1.29 is 9.18 Å². The molecular weight excluding hydrogens is 523 g/mol.